The van der Waals surface area contributed by atoms with Crippen molar-refractivity contribution in [3.63, 3.8) is 0 Å². The fourth-order valence-electron chi connectivity index (χ4n) is 4.75. The third kappa shape index (κ3) is 3.37. The zero-order valence-electron chi connectivity index (χ0n) is 16.9. The van der Waals surface area contributed by atoms with Crippen LogP contribution in [0.3, 0.4) is 0 Å². The van der Waals surface area contributed by atoms with E-state index in [4.69, 9.17) is 4.98 Å². The van der Waals surface area contributed by atoms with Crippen LogP contribution in [0.5, 0.6) is 0 Å². The molecule has 0 saturated carbocycles. The van der Waals surface area contributed by atoms with Crippen LogP contribution in [0.25, 0.3) is 11.2 Å². The second-order valence-corrected chi connectivity index (χ2v) is 8.15. The van der Waals surface area contributed by atoms with Gasteiger partial charge in [0.1, 0.15) is 11.3 Å². The summed E-state index contributed by atoms with van der Waals surface area (Å²) in [4.78, 5) is 24.2. The van der Waals surface area contributed by atoms with Crippen molar-refractivity contribution in [2.75, 3.05) is 18.4 Å². The van der Waals surface area contributed by atoms with E-state index in [0.29, 0.717) is 6.54 Å². The number of anilines is 1. The number of carbonyl (C=O) groups excluding carboxylic acids is 1. The molecule has 1 aromatic carbocycles. The lowest BCUT2D eigenvalue weighted by atomic mass is 10.1. The molecule has 0 spiro atoms. The number of imidazole rings is 1. The Morgan fingerprint density at radius 1 is 1.24 bits per heavy atom. The van der Waals surface area contributed by atoms with Gasteiger partial charge in [0.25, 0.3) is 0 Å². The van der Waals surface area contributed by atoms with Gasteiger partial charge in [-0.05, 0) is 67.5 Å². The topological polar surface area (TPSA) is 63.1 Å². The maximum absolute atomic E-state index is 12.9. The molecule has 6 heteroatoms. The van der Waals surface area contributed by atoms with Gasteiger partial charge in [-0.15, -0.1) is 0 Å². The summed E-state index contributed by atoms with van der Waals surface area (Å²) in [5.41, 5.74) is 5.58. The van der Waals surface area contributed by atoms with Gasteiger partial charge < -0.3 is 14.8 Å². The number of fused-ring (bicyclic) bond motifs is 2. The quantitative estimate of drug-likeness (QED) is 0.721. The molecular weight excluding hydrogens is 362 g/mol. The number of rotatable bonds is 4. The number of hydrogen-bond donors (Lipinski definition) is 1. The fraction of sp³-hybridized carbons (Fsp3) is 0.435. The lowest BCUT2D eigenvalue weighted by Gasteiger charge is -2.19. The maximum Gasteiger partial charge on any atom is 0.321 e. The number of amides is 2. The molecule has 1 saturated heterocycles. The van der Waals surface area contributed by atoms with E-state index in [0.717, 1.165) is 61.3 Å². The first-order valence-electron chi connectivity index (χ1n) is 10.7. The first-order chi connectivity index (χ1) is 14.2. The summed E-state index contributed by atoms with van der Waals surface area (Å²) >= 11 is 0. The van der Waals surface area contributed by atoms with Crippen LogP contribution >= 0.6 is 0 Å². The van der Waals surface area contributed by atoms with Gasteiger partial charge in [-0.2, -0.15) is 0 Å². The van der Waals surface area contributed by atoms with Crippen LogP contribution in [-0.2, 0) is 19.3 Å². The SMILES string of the molecule is CCCc1nc2cccnc2n1[C@@H]1CCN(C(=O)Nc2ccc3c(c2)CCC3)C1. The van der Waals surface area contributed by atoms with Crippen molar-refractivity contribution in [2.45, 2.75) is 51.5 Å². The molecule has 0 unspecified atom stereocenters. The maximum atomic E-state index is 12.9. The summed E-state index contributed by atoms with van der Waals surface area (Å²) in [6.45, 7) is 3.61. The molecule has 2 amide bonds. The average molecular weight is 390 g/mol. The van der Waals surface area contributed by atoms with Crippen LogP contribution in [-0.4, -0.2) is 38.6 Å². The molecule has 2 aromatic heterocycles. The van der Waals surface area contributed by atoms with Gasteiger partial charge in [-0.1, -0.05) is 13.0 Å². The predicted octanol–water partition coefficient (Wildman–Crippen LogP) is 4.35. The number of likely N-dealkylation sites (tertiary alicyclic amines) is 1. The largest absolute Gasteiger partial charge is 0.322 e. The molecule has 2 aliphatic rings. The second-order valence-electron chi connectivity index (χ2n) is 8.15. The third-order valence-corrected chi connectivity index (χ3v) is 6.16. The van der Waals surface area contributed by atoms with Crippen molar-refractivity contribution >= 4 is 22.9 Å². The molecule has 1 aliphatic carbocycles. The lowest BCUT2D eigenvalue weighted by molar-refractivity contribution is 0.221. The highest BCUT2D eigenvalue weighted by Gasteiger charge is 2.30. The Morgan fingerprint density at radius 2 is 2.14 bits per heavy atom. The van der Waals surface area contributed by atoms with Crippen LogP contribution in [0.4, 0.5) is 10.5 Å². The molecule has 3 aromatic rings. The Bertz CT molecular complexity index is 1060. The monoisotopic (exact) mass is 389 g/mol. The van der Waals surface area contributed by atoms with E-state index in [1.165, 1.54) is 17.5 Å². The van der Waals surface area contributed by atoms with E-state index in [1.807, 2.05) is 29.3 Å². The van der Waals surface area contributed by atoms with Gasteiger partial charge in [0.05, 0.1) is 6.04 Å². The Morgan fingerprint density at radius 3 is 3.03 bits per heavy atom. The minimum atomic E-state index is -0.0140. The Balaban J connectivity index is 1.33. The molecular formula is C23H27N5O. The number of aromatic nitrogens is 3. The van der Waals surface area contributed by atoms with Crippen molar-refractivity contribution < 1.29 is 4.79 Å². The van der Waals surface area contributed by atoms with E-state index in [1.54, 1.807) is 0 Å². The fourth-order valence-corrected chi connectivity index (χ4v) is 4.75. The van der Waals surface area contributed by atoms with E-state index < -0.39 is 0 Å². The number of nitrogens with one attached hydrogen (secondary N) is 1. The number of urea groups is 1. The number of benzene rings is 1. The molecule has 1 N–H and O–H groups in total. The van der Waals surface area contributed by atoms with Crippen molar-refractivity contribution in [1.82, 2.24) is 19.4 Å². The van der Waals surface area contributed by atoms with E-state index >= 15 is 0 Å². The van der Waals surface area contributed by atoms with Crippen molar-refractivity contribution in [2.24, 2.45) is 0 Å². The van der Waals surface area contributed by atoms with Crippen molar-refractivity contribution in [3.8, 4) is 0 Å². The van der Waals surface area contributed by atoms with Gasteiger partial charge in [-0.25, -0.2) is 14.8 Å². The number of hydrogen-bond acceptors (Lipinski definition) is 3. The van der Waals surface area contributed by atoms with Gasteiger partial charge in [0, 0.05) is 31.4 Å². The number of aryl methyl sites for hydroxylation is 3. The molecule has 3 heterocycles. The first-order valence-corrected chi connectivity index (χ1v) is 10.7. The zero-order valence-corrected chi connectivity index (χ0v) is 16.9. The molecule has 29 heavy (non-hydrogen) atoms. The van der Waals surface area contributed by atoms with Crippen LogP contribution in [0.2, 0.25) is 0 Å². The molecule has 0 radical (unpaired) electrons. The summed E-state index contributed by atoms with van der Waals surface area (Å²) in [5, 5.41) is 3.10. The Kier molecular flexibility index (Phi) is 4.70. The number of pyridine rings is 1. The normalized spacial score (nSPS) is 18.4. The van der Waals surface area contributed by atoms with Crippen LogP contribution in [0.1, 0.15) is 49.2 Å². The summed E-state index contributed by atoms with van der Waals surface area (Å²) in [6.07, 6.45) is 8.20. The molecule has 6 nitrogen and oxygen atoms in total. The van der Waals surface area contributed by atoms with Gasteiger partial charge in [0.2, 0.25) is 0 Å². The minimum Gasteiger partial charge on any atom is -0.322 e. The summed E-state index contributed by atoms with van der Waals surface area (Å²) in [5.74, 6) is 1.08. The summed E-state index contributed by atoms with van der Waals surface area (Å²) < 4.78 is 2.27. The Labute approximate surface area is 171 Å². The standard InChI is InChI=1S/C23H27N5O/c1-2-5-21-26-20-8-4-12-24-22(20)28(21)19-11-13-27(15-19)23(29)25-18-10-9-16-6-3-7-17(16)14-18/h4,8-10,12,14,19H,2-3,5-7,11,13,15H2,1H3,(H,25,29)/t19-/m1/s1. The smallest absolute Gasteiger partial charge is 0.321 e. The van der Waals surface area contributed by atoms with Gasteiger partial charge >= 0.3 is 6.03 Å². The van der Waals surface area contributed by atoms with Gasteiger partial charge in [-0.3, -0.25) is 0 Å². The lowest BCUT2D eigenvalue weighted by Crippen LogP contribution is -2.33. The first kappa shape index (κ1) is 18.2. The second kappa shape index (κ2) is 7.50. The average Bonchev–Trinajstić information content (AvgIpc) is 3.45. The van der Waals surface area contributed by atoms with E-state index in [2.05, 4.69) is 33.9 Å². The highest BCUT2D eigenvalue weighted by atomic mass is 16.2. The molecule has 0 bridgehead atoms. The third-order valence-electron chi connectivity index (χ3n) is 6.16. The van der Waals surface area contributed by atoms with Crippen LogP contribution in [0, 0.1) is 0 Å². The van der Waals surface area contributed by atoms with Crippen molar-refractivity contribution in [3.05, 3.63) is 53.5 Å². The summed E-state index contributed by atoms with van der Waals surface area (Å²) in [6, 6.07) is 10.5. The molecule has 1 aliphatic heterocycles. The zero-order chi connectivity index (χ0) is 19.8. The van der Waals surface area contributed by atoms with Gasteiger partial charge in [0.15, 0.2) is 5.65 Å². The highest BCUT2D eigenvalue weighted by molar-refractivity contribution is 5.89. The Hall–Kier alpha value is -2.89. The van der Waals surface area contributed by atoms with E-state index in [-0.39, 0.29) is 12.1 Å². The molecule has 5 rings (SSSR count). The number of nitrogens with zero attached hydrogens (tertiary/aromatic N) is 4. The van der Waals surface area contributed by atoms with Crippen molar-refractivity contribution in [1.29, 1.82) is 0 Å². The molecule has 1 fully saturated rings. The van der Waals surface area contributed by atoms with Crippen LogP contribution in [0.15, 0.2) is 36.5 Å². The van der Waals surface area contributed by atoms with Crippen LogP contribution < -0.4 is 5.32 Å². The highest BCUT2D eigenvalue weighted by Crippen LogP contribution is 2.29. The van der Waals surface area contributed by atoms with E-state index in [9.17, 15) is 4.79 Å². The minimum absolute atomic E-state index is 0.0140. The predicted molar refractivity (Wildman–Crippen MR) is 114 cm³/mol. The molecule has 150 valence electrons. The molecule has 1 atom stereocenters. The summed E-state index contributed by atoms with van der Waals surface area (Å²) in [7, 11) is 0. The number of carbonyl (C=O) groups is 1.